The SMILES string of the molecule is CCCCc1nc(Cl)c(C(=O)O)n1Cc1ccc(-c2cc(-c3cnn(C(F)F)c3)ccc2C(=N)N=NN)cc1. The van der Waals surface area contributed by atoms with Gasteiger partial charge >= 0.3 is 12.5 Å². The molecule has 0 aliphatic carbocycles. The molecule has 0 fully saturated rings. The van der Waals surface area contributed by atoms with Crippen LogP contribution in [-0.4, -0.2) is 36.2 Å². The first-order chi connectivity index (χ1) is 18.7. The molecule has 0 aliphatic rings. The highest BCUT2D eigenvalue weighted by molar-refractivity contribution is 6.32. The van der Waals surface area contributed by atoms with Gasteiger partial charge in [0, 0.05) is 30.3 Å². The number of aromatic nitrogens is 4. The number of nitrogens with one attached hydrogen (secondary N) is 1. The number of nitrogens with two attached hydrogens (primary N) is 1. The molecule has 2 aromatic carbocycles. The van der Waals surface area contributed by atoms with Crippen molar-refractivity contribution in [3.63, 3.8) is 0 Å². The van der Waals surface area contributed by atoms with Gasteiger partial charge in [-0.3, -0.25) is 5.41 Å². The number of unbranched alkanes of at least 4 members (excludes halogenated alkanes) is 1. The second-order valence-corrected chi connectivity index (χ2v) is 9.03. The van der Waals surface area contributed by atoms with E-state index in [2.05, 4.69) is 20.4 Å². The molecule has 0 saturated carbocycles. The Bertz CT molecular complexity index is 1530. The zero-order valence-electron chi connectivity index (χ0n) is 20.9. The Morgan fingerprint density at radius 2 is 1.90 bits per heavy atom. The molecule has 0 aliphatic heterocycles. The summed E-state index contributed by atoms with van der Waals surface area (Å²) in [4.78, 5) is 16.1. The number of benzene rings is 2. The fourth-order valence-corrected chi connectivity index (χ4v) is 4.49. The van der Waals surface area contributed by atoms with Crippen LogP contribution in [-0.2, 0) is 13.0 Å². The van der Waals surface area contributed by atoms with Crippen LogP contribution in [0.15, 0.2) is 65.2 Å². The number of carboxylic acids is 1. The van der Waals surface area contributed by atoms with E-state index in [1.807, 2.05) is 31.2 Å². The van der Waals surface area contributed by atoms with Crippen LogP contribution in [0.25, 0.3) is 22.3 Å². The van der Waals surface area contributed by atoms with E-state index in [-0.39, 0.29) is 23.2 Å². The predicted octanol–water partition coefficient (Wildman–Crippen LogP) is 6.20. The number of alkyl halides is 2. The van der Waals surface area contributed by atoms with Crippen LogP contribution < -0.4 is 5.84 Å². The second kappa shape index (κ2) is 11.9. The minimum atomic E-state index is -2.77. The van der Waals surface area contributed by atoms with E-state index >= 15 is 0 Å². The summed E-state index contributed by atoms with van der Waals surface area (Å²) in [5.41, 5.74) is 3.57. The number of carbonyl (C=O) groups is 1. The summed E-state index contributed by atoms with van der Waals surface area (Å²) >= 11 is 6.15. The van der Waals surface area contributed by atoms with Crippen molar-refractivity contribution in [2.75, 3.05) is 0 Å². The summed E-state index contributed by atoms with van der Waals surface area (Å²) in [5, 5.41) is 28.4. The molecule has 202 valence electrons. The largest absolute Gasteiger partial charge is 0.476 e. The van der Waals surface area contributed by atoms with Crippen molar-refractivity contribution in [2.24, 2.45) is 16.2 Å². The number of halogens is 3. The fourth-order valence-electron chi connectivity index (χ4n) is 4.21. The summed E-state index contributed by atoms with van der Waals surface area (Å²) < 4.78 is 28.2. The summed E-state index contributed by atoms with van der Waals surface area (Å²) in [6.45, 7) is -0.482. The predicted molar refractivity (Wildman–Crippen MR) is 142 cm³/mol. The van der Waals surface area contributed by atoms with Crippen molar-refractivity contribution >= 4 is 23.4 Å². The maximum Gasteiger partial charge on any atom is 0.355 e. The van der Waals surface area contributed by atoms with Gasteiger partial charge in [0.15, 0.2) is 16.7 Å². The number of amidine groups is 1. The summed E-state index contributed by atoms with van der Waals surface area (Å²) in [5.74, 6) is 4.42. The van der Waals surface area contributed by atoms with Gasteiger partial charge in [0.25, 0.3) is 0 Å². The Morgan fingerprint density at radius 3 is 2.51 bits per heavy atom. The van der Waals surface area contributed by atoms with Crippen LogP contribution >= 0.6 is 11.6 Å². The number of rotatable bonds is 10. The lowest BCUT2D eigenvalue weighted by Crippen LogP contribution is -2.13. The highest BCUT2D eigenvalue weighted by Gasteiger charge is 2.22. The van der Waals surface area contributed by atoms with Crippen molar-refractivity contribution in [3.8, 4) is 22.3 Å². The smallest absolute Gasteiger partial charge is 0.355 e. The van der Waals surface area contributed by atoms with Gasteiger partial charge in [-0.1, -0.05) is 60.5 Å². The quantitative estimate of drug-likeness (QED) is 0.0701. The number of hydrogen-bond donors (Lipinski definition) is 3. The number of nitrogens with zero attached hydrogens (tertiary/aromatic N) is 6. The Morgan fingerprint density at radius 1 is 1.18 bits per heavy atom. The summed E-state index contributed by atoms with van der Waals surface area (Å²) in [6.07, 6.45) is 4.93. The van der Waals surface area contributed by atoms with Crippen molar-refractivity contribution in [1.29, 1.82) is 5.41 Å². The van der Waals surface area contributed by atoms with E-state index in [0.717, 1.165) is 18.4 Å². The Hall–Kier alpha value is -4.45. The van der Waals surface area contributed by atoms with Crippen molar-refractivity contribution < 1.29 is 18.7 Å². The van der Waals surface area contributed by atoms with E-state index in [9.17, 15) is 18.7 Å². The number of imidazole rings is 1. The summed E-state index contributed by atoms with van der Waals surface area (Å²) in [7, 11) is 0. The third kappa shape index (κ3) is 6.01. The van der Waals surface area contributed by atoms with E-state index < -0.39 is 12.5 Å². The molecule has 0 saturated heterocycles. The first kappa shape index (κ1) is 27.6. The highest BCUT2D eigenvalue weighted by Crippen LogP contribution is 2.31. The topological polar surface area (TPSA) is 148 Å². The van der Waals surface area contributed by atoms with Crippen molar-refractivity contribution in [3.05, 3.63) is 82.7 Å². The third-order valence-corrected chi connectivity index (χ3v) is 6.40. The molecule has 4 N–H and O–H groups in total. The molecule has 0 spiro atoms. The molecular weight excluding hydrogens is 530 g/mol. The lowest BCUT2D eigenvalue weighted by Gasteiger charge is -2.13. The average molecular weight is 555 g/mol. The van der Waals surface area contributed by atoms with Crippen LogP contribution in [0, 0.1) is 5.41 Å². The maximum atomic E-state index is 13.0. The monoisotopic (exact) mass is 554 g/mol. The highest BCUT2D eigenvalue weighted by atomic mass is 35.5. The second-order valence-electron chi connectivity index (χ2n) is 8.67. The number of carboxylic acid groups (broad SMARTS) is 1. The molecule has 0 amide bonds. The molecule has 2 heterocycles. The third-order valence-electron chi connectivity index (χ3n) is 6.13. The molecular formula is C26H25ClF2N8O2. The zero-order valence-corrected chi connectivity index (χ0v) is 21.6. The molecule has 4 aromatic rings. The minimum Gasteiger partial charge on any atom is -0.476 e. The van der Waals surface area contributed by atoms with Gasteiger partial charge in [-0.05, 0) is 40.8 Å². The molecule has 0 unspecified atom stereocenters. The van der Waals surface area contributed by atoms with Gasteiger partial charge < -0.3 is 15.5 Å². The molecule has 10 nitrogen and oxygen atoms in total. The Balaban J connectivity index is 1.72. The molecule has 39 heavy (non-hydrogen) atoms. The minimum absolute atomic E-state index is 0.0468. The normalized spacial score (nSPS) is 11.5. The van der Waals surface area contributed by atoms with Gasteiger partial charge in [-0.2, -0.15) is 13.9 Å². The van der Waals surface area contributed by atoms with E-state index in [4.69, 9.17) is 22.9 Å². The van der Waals surface area contributed by atoms with Crippen LogP contribution in [0.1, 0.15) is 53.8 Å². The van der Waals surface area contributed by atoms with Crippen molar-refractivity contribution in [2.45, 2.75) is 39.3 Å². The van der Waals surface area contributed by atoms with Crippen LogP contribution in [0.5, 0.6) is 0 Å². The van der Waals surface area contributed by atoms with Gasteiger partial charge in [0.05, 0.1) is 6.20 Å². The standard InChI is InChI=1S/C26H25ClF2N8O2/c1-2-3-4-21-33-23(27)22(25(38)39)36(21)13-15-5-7-16(8-6-15)20-11-17(9-10-19(20)24(30)34-35-31)18-12-32-37(14-18)26(28)29/h5-12,14,26H,2-4,13H2,1H3,(H,38,39)(H3,30,31,34). The van der Waals surface area contributed by atoms with E-state index in [1.165, 1.54) is 12.4 Å². The Kier molecular flexibility index (Phi) is 8.45. The molecule has 4 rings (SSSR count). The maximum absolute atomic E-state index is 13.0. The van der Waals surface area contributed by atoms with E-state index in [0.29, 0.717) is 44.7 Å². The lowest BCUT2D eigenvalue weighted by atomic mass is 9.94. The Labute approximate surface area is 227 Å². The lowest BCUT2D eigenvalue weighted by molar-refractivity contribution is 0.0566. The molecule has 13 heteroatoms. The average Bonchev–Trinajstić information content (AvgIpc) is 3.53. The van der Waals surface area contributed by atoms with Crippen molar-refractivity contribution in [1.82, 2.24) is 19.3 Å². The number of aryl methyl sites for hydroxylation is 1. The number of aromatic carboxylic acids is 1. The molecule has 0 atom stereocenters. The van der Waals surface area contributed by atoms with Crippen LogP contribution in [0.3, 0.4) is 0 Å². The van der Waals surface area contributed by atoms with Gasteiger partial charge in [-0.25, -0.2) is 14.5 Å². The zero-order chi connectivity index (χ0) is 28.1. The summed E-state index contributed by atoms with van der Waals surface area (Å²) in [6, 6.07) is 12.4. The molecule has 0 bridgehead atoms. The van der Waals surface area contributed by atoms with Gasteiger partial charge in [0.1, 0.15) is 5.82 Å². The molecule has 2 aromatic heterocycles. The fraction of sp³-hybridized carbons (Fsp3) is 0.231. The number of hydrogen-bond acceptors (Lipinski definition) is 5. The van der Waals surface area contributed by atoms with Gasteiger partial charge in [0.2, 0.25) is 0 Å². The van der Waals surface area contributed by atoms with Crippen LogP contribution in [0.2, 0.25) is 5.15 Å². The van der Waals surface area contributed by atoms with E-state index in [1.54, 1.807) is 22.8 Å². The first-order valence-electron chi connectivity index (χ1n) is 12.0. The first-order valence-corrected chi connectivity index (χ1v) is 12.3. The van der Waals surface area contributed by atoms with Crippen LogP contribution in [0.4, 0.5) is 8.78 Å². The molecule has 0 radical (unpaired) electrons. The van der Waals surface area contributed by atoms with Gasteiger partial charge in [-0.15, -0.1) is 5.11 Å².